The van der Waals surface area contributed by atoms with Crippen LogP contribution in [0.3, 0.4) is 0 Å². The second-order valence-electron chi connectivity index (χ2n) is 3.54. The van der Waals surface area contributed by atoms with Crippen LogP contribution < -0.4 is 5.32 Å². The van der Waals surface area contributed by atoms with E-state index in [1.165, 1.54) is 11.5 Å². The zero-order valence-electron chi connectivity index (χ0n) is 9.36. The van der Waals surface area contributed by atoms with Crippen molar-refractivity contribution in [1.82, 2.24) is 9.36 Å². The van der Waals surface area contributed by atoms with Gasteiger partial charge in [-0.2, -0.15) is 4.37 Å². The molecule has 0 aliphatic heterocycles. The third-order valence-corrected chi connectivity index (χ3v) is 3.15. The van der Waals surface area contributed by atoms with Crippen LogP contribution in [0.1, 0.15) is 32.5 Å². The molecule has 1 aromatic rings. The predicted molar refractivity (Wildman–Crippen MR) is 63.3 cm³/mol. The van der Waals surface area contributed by atoms with Crippen molar-refractivity contribution in [3.05, 3.63) is 5.82 Å². The van der Waals surface area contributed by atoms with Crippen LogP contribution in [0.25, 0.3) is 0 Å². The molecule has 0 aromatic carbocycles. The van der Waals surface area contributed by atoms with Gasteiger partial charge in [-0.05, 0) is 12.3 Å². The molecule has 1 heterocycles. The summed E-state index contributed by atoms with van der Waals surface area (Å²) in [5.41, 5.74) is 0. The van der Waals surface area contributed by atoms with Gasteiger partial charge in [0.05, 0.1) is 0 Å². The van der Waals surface area contributed by atoms with Gasteiger partial charge in [-0.1, -0.05) is 20.3 Å². The van der Waals surface area contributed by atoms with Crippen molar-refractivity contribution in [2.24, 2.45) is 5.92 Å². The molecule has 15 heavy (non-hydrogen) atoms. The van der Waals surface area contributed by atoms with Crippen LogP contribution in [0.15, 0.2) is 0 Å². The number of rotatable bonds is 7. The average molecular weight is 229 g/mol. The molecule has 0 radical (unpaired) electrons. The molecule has 4 nitrogen and oxygen atoms in total. The van der Waals surface area contributed by atoms with Crippen LogP contribution in [0.5, 0.6) is 0 Å². The zero-order chi connectivity index (χ0) is 11.1. The number of anilines is 1. The quantitative estimate of drug-likeness (QED) is 0.750. The van der Waals surface area contributed by atoms with E-state index in [0.29, 0.717) is 5.92 Å². The number of aliphatic hydroxyl groups is 1. The molecule has 0 aliphatic carbocycles. The Morgan fingerprint density at radius 2 is 2.27 bits per heavy atom. The topological polar surface area (TPSA) is 58.0 Å². The fourth-order valence-electron chi connectivity index (χ4n) is 1.33. The molecule has 2 N–H and O–H groups in total. The van der Waals surface area contributed by atoms with Crippen molar-refractivity contribution in [3.63, 3.8) is 0 Å². The van der Waals surface area contributed by atoms with E-state index >= 15 is 0 Å². The monoisotopic (exact) mass is 229 g/mol. The minimum Gasteiger partial charge on any atom is -0.396 e. The lowest BCUT2D eigenvalue weighted by Gasteiger charge is -2.12. The first-order valence-corrected chi connectivity index (χ1v) is 6.24. The molecule has 1 aromatic heterocycles. The van der Waals surface area contributed by atoms with Crippen LogP contribution >= 0.6 is 11.5 Å². The summed E-state index contributed by atoms with van der Waals surface area (Å²) in [4.78, 5) is 4.33. The first-order chi connectivity index (χ1) is 7.30. The number of nitrogens with one attached hydrogen (secondary N) is 1. The fourth-order valence-corrected chi connectivity index (χ4v) is 1.99. The minimum atomic E-state index is 0.260. The first-order valence-electron chi connectivity index (χ1n) is 5.47. The molecule has 0 amide bonds. The molecule has 0 saturated carbocycles. The molecule has 0 spiro atoms. The van der Waals surface area contributed by atoms with E-state index in [1.54, 1.807) is 0 Å². The van der Waals surface area contributed by atoms with Crippen LogP contribution in [0.2, 0.25) is 0 Å². The van der Waals surface area contributed by atoms with Gasteiger partial charge in [-0.25, -0.2) is 4.98 Å². The van der Waals surface area contributed by atoms with Crippen molar-refractivity contribution < 1.29 is 5.11 Å². The number of hydrogen-bond donors (Lipinski definition) is 2. The van der Waals surface area contributed by atoms with Gasteiger partial charge in [-0.15, -0.1) is 0 Å². The minimum absolute atomic E-state index is 0.260. The lowest BCUT2D eigenvalue weighted by atomic mass is 10.0. The van der Waals surface area contributed by atoms with Gasteiger partial charge >= 0.3 is 0 Å². The Labute approximate surface area is 94.9 Å². The molecule has 1 unspecified atom stereocenters. The predicted octanol–water partition coefficient (Wildman–Crippen LogP) is 1.92. The normalized spacial score (nSPS) is 12.7. The van der Waals surface area contributed by atoms with Crippen molar-refractivity contribution in [2.75, 3.05) is 18.5 Å². The smallest absolute Gasteiger partial charge is 0.202 e. The summed E-state index contributed by atoms with van der Waals surface area (Å²) >= 11 is 1.41. The SMILES string of the molecule is CCc1nsc(NCC(CC)CCO)n1. The van der Waals surface area contributed by atoms with Crippen molar-refractivity contribution in [3.8, 4) is 0 Å². The number of aliphatic hydroxyl groups excluding tert-OH is 1. The highest BCUT2D eigenvalue weighted by Crippen LogP contribution is 2.14. The molecule has 0 bridgehead atoms. The second kappa shape index (κ2) is 6.74. The molecule has 1 atom stereocenters. The largest absolute Gasteiger partial charge is 0.396 e. The second-order valence-corrected chi connectivity index (χ2v) is 4.29. The van der Waals surface area contributed by atoms with Gasteiger partial charge in [0.1, 0.15) is 5.82 Å². The average Bonchev–Trinajstić information content (AvgIpc) is 2.72. The van der Waals surface area contributed by atoms with Gasteiger partial charge in [-0.3, -0.25) is 0 Å². The van der Waals surface area contributed by atoms with Gasteiger partial charge < -0.3 is 10.4 Å². The Kier molecular flexibility index (Phi) is 5.57. The van der Waals surface area contributed by atoms with E-state index in [0.717, 1.165) is 36.8 Å². The maximum Gasteiger partial charge on any atom is 0.202 e. The van der Waals surface area contributed by atoms with Crippen molar-refractivity contribution in [1.29, 1.82) is 0 Å². The van der Waals surface area contributed by atoms with Gasteiger partial charge in [0, 0.05) is 31.1 Å². The third kappa shape index (κ3) is 4.13. The summed E-state index contributed by atoms with van der Waals surface area (Å²) in [5.74, 6) is 1.42. The number of aryl methyl sites for hydroxylation is 1. The fraction of sp³-hybridized carbons (Fsp3) is 0.800. The lowest BCUT2D eigenvalue weighted by molar-refractivity contribution is 0.258. The van der Waals surface area contributed by atoms with Gasteiger partial charge in [0.15, 0.2) is 0 Å². The van der Waals surface area contributed by atoms with Crippen LogP contribution in [-0.4, -0.2) is 27.6 Å². The Bertz CT molecular complexity index is 277. The summed E-state index contributed by atoms with van der Waals surface area (Å²) in [6.07, 6.45) is 2.81. The molecule has 86 valence electrons. The highest BCUT2D eigenvalue weighted by Gasteiger charge is 2.07. The molecule has 0 fully saturated rings. The Morgan fingerprint density at radius 1 is 1.47 bits per heavy atom. The summed E-state index contributed by atoms with van der Waals surface area (Å²) in [7, 11) is 0. The number of aromatic nitrogens is 2. The van der Waals surface area contributed by atoms with Crippen LogP contribution in [-0.2, 0) is 6.42 Å². The van der Waals surface area contributed by atoms with E-state index in [-0.39, 0.29) is 6.61 Å². The Hall–Kier alpha value is -0.680. The molecule has 5 heteroatoms. The van der Waals surface area contributed by atoms with E-state index in [2.05, 4.69) is 21.6 Å². The molecular weight excluding hydrogens is 210 g/mol. The van der Waals surface area contributed by atoms with E-state index in [1.807, 2.05) is 6.92 Å². The van der Waals surface area contributed by atoms with E-state index in [9.17, 15) is 0 Å². The van der Waals surface area contributed by atoms with Crippen LogP contribution in [0.4, 0.5) is 5.13 Å². The van der Waals surface area contributed by atoms with Crippen molar-refractivity contribution >= 4 is 16.7 Å². The maximum atomic E-state index is 8.85. The maximum absolute atomic E-state index is 8.85. The number of hydrogen-bond acceptors (Lipinski definition) is 5. The summed E-state index contributed by atoms with van der Waals surface area (Å²) in [6.45, 7) is 5.32. The van der Waals surface area contributed by atoms with E-state index in [4.69, 9.17) is 5.11 Å². The summed E-state index contributed by atoms with van der Waals surface area (Å²) in [6, 6.07) is 0. The standard InChI is InChI=1S/C10H19N3OS/c1-3-8(5-6-14)7-11-10-12-9(4-2)13-15-10/h8,14H,3-7H2,1-2H3,(H,11,12,13). The first kappa shape index (κ1) is 12.4. The Morgan fingerprint density at radius 3 is 2.80 bits per heavy atom. The van der Waals surface area contributed by atoms with E-state index < -0.39 is 0 Å². The van der Waals surface area contributed by atoms with Gasteiger partial charge in [0.2, 0.25) is 5.13 Å². The molecule has 0 aliphatic rings. The molecule has 1 rings (SSSR count). The lowest BCUT2D eigenvalue weighted by Crippen LogP contribution is -2.14. The Balaban J connectivity index is 2.34. The summed E-state index contributed by atoms with van der Waals surface area (Å²) < 4.78 is 4.20. The number of nitrogens with zero attached hydrogens (tertiary/aromatic N) is 2. The van der Waals surface area contributed by atoms with Crippen molar-refractivity contribution in [2.45, 2.75) is 33.1 Å². The third-order valence-electron chi connectivity index (χ3n) is 2.44. The van der Waals surface area contributed by atoms with Gasteiger partial charge in [0.25, 0.3) is 0 Å². The molecular formula is C10H19N3OS. The highest BCUT2D eigenvalue weighted by atomic mass is 32.1. The summed E-state index contributed by atoms with van der Waals surface area (Å²) in [5, 5.41) is 13.0. The van der Waals surface area contributed by atoms with Crippen LogP contribution in [0, 0.1) is 5.92 Å². The zero-order valence-corrected chi connectivity index (χ0v) is 10.2. The molecule has 0 saturated heterocycles. The highest BCUT2D eigenvalue weighted by molar-refractivity contribution is 7.09.